The second-order valence-corrected chi connectivity index (χ2v) is 3.93. The molecule has 0 aliphatic heterocycles. The molecule has 0 unspecified atom stereocenters. The van der Waals surface area contributed by atoms with Crippen molar-refractivity contribution in [1.82, 2.24) is 0 Å². The van der Waals surface area contributed by atoms with Gasteiger partial charge in [-0.05, 0) is 30.9 Å². The van der Waals surface area contributed by atoms with Crippen LogP contribution < -0.4 is 5.73 Å². The molecule has 0 saturated carbocycles. The van der Waals surface area contributed by atoms with Crippen LogP contribution >= 0.6 is 11.8 Å². The van der Waals surface area contributed by atoms with E-state index in [1.807, 2.05) is 18.2 Å². The molecule has 2 nitrogen and oxygen atoms in total. The molecule has 0 atom stereocenters. The van der Waals surface area contributed by atoms with Gasteiger partial charge in [0, 0.05) is 11.3 Å². The molecule has 76 valence electrons. The van der Waals surface area contributed by atoms with Crippen LogP contribution in [-0.2, 0) is 0 Å². The van der Waals surface area contributed by atoms with Gasteiger partial charge < -0.3 is 5.73 Å². The molecule has 14 heavy (non-hydrogen) atoms. The van der Waals surface area contributed by atoms with E-state index in [0.29, 0.717) is 5.84 Å². The van der Waals surface area contributed by atoms with Crippen LogP contribution in [0, 0.1) is 0 Å². The maximum absolute atomic E-state index is 5.75. The Morgan fingerprint density at radius 2 is 2.29 bits per heavy atom. The average molecular weight is 208 g/mol. The highest BCUT2D eigenvalue weighted by Crippen LogP contribution is 2.21. The lowest BCUT2D eigenvalue weighted by molar-refractivity contribution is 0.983. The Morgan fingerprint density at radius 1 is 1.50 bits per heavy atom. The number of nitrogens with zero attached hydrogens (tertiary/aromatic N) is 1. The number of aliphatic imine (C=N–C) groups is 1. The first-order valence-corrected chi connectivity index (χ1v) is 5.96. The standard InChI is InChI=1S/C11H16N2S/c1-3-5-11(12)13-9-6-4-7-10(8-9)14-2/h4,6-8H,3,5H2,1-2H3,(H2,12,13). The van der Waals surface area contributed by atoms with E-state index in [9.17, 15) is 0 Å². The summed E-state index contributed by atoms with van der Waals surface area (Å²) in [6.45, 7) is 2.10. The smallest absolute Gasteiger partial charge is 0.0996 e. The van der Waals surface area contributed by atoms with Crippen molar-refractivity contribution in [3.63, 3.8) is 0 Å². The predicted octanol–water partition coefficient (Wildman–Crippen LogP) is 3.20. The summed E-state index contributed by atoms with van der Waals surface area (Å²) in [6.07, 6.45) is 3.96. The molecule has 1 aromatic carbocycles. The van der Waals surface area contributed by atoms with Crippen LogP contribution in [0.1, 0.15) is 19.8 Å². The number of hydrogen-bond donors (Lipinski definition) is 1. The molecule has 0 fully saturated rings. The van der Waals surface area contributed by atoms with E-state index >= 15 is 0 Å². The van der Waals surface area contributed by atoms with Gasteiger partial charge in [0.15, 0.2) is 0 Å². The summed E-state index contributed by atoms with van der Waals surface area (Å²) in [5, 5.41) is 0. The fourth-order valence-electron chi connectivity index (χ4n) is 1.16. The zero-order valence-electron chi connectivity index (χ0n) is 8.66. The molecule has 2 N–H and O–H groups in total. The highest BCUT2D eigenvalue weighted by Gasteiger charge is 1.94. The molecule has 0 amide bonds. The molecule has 0 heterocycles. The van der Waals surface area contributed by atoms with Crippen LogP contribution in [0.2, 0.25) is 0 Å². The summed E-state index contributed by atoms with van der Waals surface area (Å²) in [4.78, 5) is 5.56. The Morgan fingerprint density at radius 3 is 2.93 bits per heavy atom. The van der Waals surface area contributed by atoms with Gasteiger partial charge in [-0.3, -0.25) is 0 Å². The molecule has 1 aromatic rings. The number of amidine groups is 1. The summed E-state index contributed by atoms with van der Waals surface area (Å²) in [7, 11) is 0. The van der Waals surface area contributed by atoms with Crippen molar-refractivity contribution in [2.24, 2.45) is 10.7 Å². The van der Waals surface area contributed by atoms with E-state index in [1.54, 1.807) is 11.8 Å². The van der Waals surface area contributed by atoms with Gasteiger partial charge in [0.2, 0.25) is 0 Å². The summed E-state index contributed by atoms with van der Waals surface area (Å²) in [5.41, 5.74) is 6.70. The van der Waals surface area contributed by atoms with Gasteiger partial charge in [-0.15, -0.1) is 11.8 Å². The van der Waals surface area contributed by atoms with Crippen molar-refractivity contribution in [3.8, 4) is 0 Å². The van der Waals surface area contributed by atoms with E-state index < -0.39 is 0 Å². The minimum absolute atomic E-state index is 0.714. The van der Waals surface area contributed by atoms with Crippen molar-refractivity contribution in [1.29, 1.82) is 0 Å². The Labute approximate surface area is 89.6 Å². The fourth-order valence-corrected chi connectivity index (χ4v) is 1.61. The van der Waals surface area contributed by atoms with E-state index in [1.165, 1.54) is 4.90 Å². The lowest BCUT2D eigenvalue weighted by Crippen LogP contribution is -2.09. The zero-order valence-corrected chi connectivity index (χ0v) is 9.47. The number of nitrogens with two attached hydrogens (primary N) is 1. The second kappa shape index (κ2) is 5.70. The van der Waals surface area contributed by atoms with Crippen molar-refractivity contribution >= 4 is 23.3 Å². The number of hydrogen-bond acceptors (Lipinski definition) is 2. The maximum atomic E-state index is 5.75. The minimum Gasteiger partial charge on any atom is -0.387 e. The van der Waals surface area contributed by atoms with Crippen molar-refractivity contribution in [2.75, 3.05) is 6.26 Å². The molecule has 0 aromatic heterocycles. The van der Waals surface area contributed by atoms with Gasteiger partial charge in [-0.2, -0.15) is 0 Å². The largest absolute Gasteiger partial charge is 0.387 e. The van der Waals surface area contributed by atoms with Gasteiger partial charge in [0.05, 0.1) is 11.5 Å². The number of benzene rings is 1. The predicted molar refractivity (Wildman–Crippen MR) is 64.4 cm³/mol. The Bertz CT molecular complexity index is 321. The summed E-state index contributed by atoms with van der Waals surface area (Å²) in [6, 6.07) is 8.10. The van der Waals surface area contributed by atoms with E-state index in [4.69, 9.17) is 5.73 Å². The van der Waals surface area contributed by atoms with E-state index in [-0.39, 0.29) is 0 Å². The van der Waals surface area contributed by atoms with Crippen LogP contribution in [-0.4, -0.2) is 12.1 Å². The molecule has 0 bridgehead atoms. The monoisotopic (exact) mass is 208 g/mol. The zero-order chi connectivity index (χ0) is 10.4. The van der Waals surface area contributed by atoms with E-state index in [0.717, 1.165) is 18.5 Å². The van der Waals surface area contributed by atoms with Crippen LogP contribution in [0.25, 0.3) is 0 Å². The average Bonchev–Trinajstić information content (AvgIpc) is 2.18. The van der Waals surface area contributed by atoms with Crippen LogP contribution in [0.15, 0.2) is 34.2 Å². The van der Waals surface area contributed by atoms with Gasteiger partial charge in [0.25, 0.3) is 0 Å². The van der Waals surface area contributed by atoms with Crippen molar-refractivity contribution in [3.05, 3.63) is 24.3 Å². The summed E-state index contributed by atoms with van der Waals surface area (Å²) in [5.74, 6) is 0.714. The third kappa shape index (κ3) is 3.42. The van der Waals surface area contributed by atoms with Gasteiger partial charge in [0.1, 0.15) is 0 Å². The van der Waals surface area contributed by atoms with Crippen LogP contribution in [0.4, 0.5) is 5.69 Å². The molecule has 1 rings (SSSR count). The first kappa shape index (κ1) is 11.1. The molecule has 0 aliphatic rings. The van der Waals surface area contributed by atoms with Crippen LogP contribution in [0.3, 0.4) is 0 Å². The maximum Gasteiger partial charge on any atom is 0.0996 e. The molecule has 3 heteroatoms. The lowest BCUT2D eigenvalue weighted by Gasteiger charge is -2.00. The molecular weight excluding hydrogens is 192 g/mol. The Hall–Kier alpha value is -0.960. The molecule has 0 radical (unpaired) electrons. The Kier molecular flexibility index (Phi) is 4.53. The molecule has 0 aliphatic carbocycles. The quantitative estimate of drug-likeness (QED) is 0.469. The minimum atomic E-state index is 0.714. The van der Waals surface area contributed by atoms with Crippen molar-refractivity contribution in [2.45, 2.75) is 24.7 Å². The second-order valence-electron chi connectivity index (χ2n) is 3.05. The first-order valence-electron chi connectivity index (χ1n) is 4.73. The van der Waals surface area contributed by atoms with E-state index in [2.05, 4.69) is 24.2 Å². The van der Waals surface area contributed by atoms with Crippen molar-refractivity contribution < 1.29 is 0 Å². The SMILES string of the molecule is CCCC(N)=Nc1cccc(SC)c1. The van der Waals surface area contributed by atoms with Gasteiger partial charge in [-0.1, -0.05) is 13.0 Å². The van der Waals surface area contributed by atoms with Gasteiger partial charge in [-0.25, -0.2) is 4.99 Å². The van der Waals surface area contributed by atoms with Gasteiger partial charge >= 0.3 is 0 Å². The molecular formula is C11H16N2S. The molecule has 0 spiro atoms. The summed E-state index contributed by atoms with van der Waals surface area (Å²) >= 11 is 1.71. The topological polar surface area (TPSA) is 38.4 Å². The fraction of sp³-hybridized carbons (Fsp3) is 0.364. The summed E-state index contributed by atoms with van der Waals surface area (Å²) < 4.78 is 0. The highest BCUT2D eigenvalue weighted by atomic mass is 32.2. The molecule has 0 saturated heterocycles. The third-order valence-electron chi connectivity index (χ3n) is 1.83. The normalized spacial score (nSPS) is 11.7. The Balaban J connectivity index is 2.80. The number of thioether (sulfide) groups is 1. The van der Waals surface area contributed by atoms with Crippen LogP contribution in [0.5, 0.6) is 0 Å². The lowest BCUT2D eigenvalue weighted by atomic mass is 10.3. The third-order valence-corrected chi connectivity index (χ3v) is 2.56. The highest BCUT2D eigenvalue weighted by molar-refractivity contribution is 7.98. The number of rotatable bonds is 4. The first-order chi connectivity index (χ1) is 6.76.